The van der Waals surface area contributed by atoms with Crippen molar-refractivity contribution < 1.29 is 26.7 Å². The van der Waals surface area contributed by atoms with E-state index in [1.165, 1.54) is 7.11 Å². The highest BCUT2D eigenvalue weighted by atomic mass is 32.2. The molecule has 1 amide bonds. The summed E-state index contributed by atoms with van der Waals surface area (Å²) in [6.45, 7) is 1.85. The van der Waals surface area contributed by atoms with Gasteiger partial charge in [0.25, 0.3) is 0 Å². The molecule has 1 rings (SSSR count). The molecule has 0 bridgehead atoms. The summed E-state index contributed by atoms with van der Waals surface area (Å²) in [5.41, 5.74) is 0. The fraction of sp³-hybridized carbons (Fsp3) is 0.417. The Bertz CT molecular complexity index is 589. The summed E-state index contributed by atoms with van der Waals surface area (Å²) in [6.07, 6.45) is 0. The highest BCUT2D eigenvalue weighted by Crippen LogP contribution is 2.16. The Kier molecular flexibility index (Phi) is 5.58. The van der Waals surface area contributed by atoms with Crippen molar-refractivity contribution in [3.8, 4) is 0 Å². The van der Waals surface area contributed by atoms with E-state index in [1.54, 1.807) is 6.92 Å². The van der Waals surface area contributed by atoms with E-state index in [0.29, 0.717) is 6.07 Å². The van der Waals surface area contributed by atoms with Crippen molar-refractivity contribution in [1.82, 2.24) is 5.32 Å². The largest absolute Gasteiger partial charge is 0.383 e. The highest BCUT2D eigenvalue weighted by molar-refractivity contribution is 7.92. The third-order valence-electron chi connectivity index (χ3n) is 2.37. The maximum atomic E-state index is 13.4. The topological polar surface area (TPSA) is 72.5 Å². The van der Waals surface area contributed by atoms with Crippen molar-refractivity contribution in [3.63, 3.8) is 0 Å². The van der Waals surface area contributed by atoms with Gasteiger partial charge in [0, 0.05) is 19.2 Å². The first-order valence-corrected chi connectivity index (χ1v) is 7.37. The van der Waals surface area contributed by atoms with Crippen LogP contribution in [0.5, 0.6) is 0 Å². The normalized spacial score (nSPS) is 13.0. The van der Waals surface area contributed by atoms with Crippen LogP contribution < -0.4 is 5.32 Å². The van der Waals surface area contributed by atoms with E-state index in [1.807, 2.05) is 0 Å². The first-order valence-electron chi connectivity index (χ1n) is 5.72. The van der Waals surface area contributed by atoms with E-state index in [2.05, 4.69) is 5.32 Å². The average molecular weight is 307 g/mol. The summed E-state index contributed by atoms with van der Waals surface area (Å²) in [4.78, 5) is 10.9. The zero-order valence-corrected chi connectivity index (χ0v) is 11.8. The number of carbonyl (C=O) groups is 1. The number of amides is 1. The second-order valence-electron chi connectivity index (χ2n) is 4.26. The van der Waals surface area contributed by atoms with Crippen LogP contribution >= 0.6 is 0 Å². The molecule has 1 aromatic rings. The van der Waals surface area contributed by atoms with Gasteiger partial charge in [-0.05, 0) is 19.1 Å². The molecule has 0 spiro atoms. The Morgan fingerprint density at radius 2 is 2.05 bits per heavy atom. The molecule has 0 heterocycles. The van der Waals surface area contributed by atoms with Gasteiger partial charge in [-0.25, -0.2) is 17.2 Å². The molecule has 0 fully saturated rings. The molecule has 0 aliphatic carbocycles. The van der Waals surface area contributed by atoms with Crippen LogP contribution in [0.3, 0.4) is 0 Å². The number of nitrogens with one attached hydrogen (secondary N) is 1. The van der Waals surface area contributed by atoms with E-state index < -0.39 is 38.0 Å². The first-order chi connectivity index (χ1) is 9.26. The van der Waals surface area contributed by atoms with Crippen LogP contribution in [0.25, 0.3) is 0 Å². The van der Waals surface area contributed by atoms with Gasteiger partial charge in [0.1, 0.15) is 22.3 Å². The summed E-state index contributed by atoms with van der Waals surface area (Å²) in [6, 6.07) is 1.70. The van der Waals surface area contributed by atoms with Gasteiger partial charge in [-0.1, -0.05) is 0 Å². The minimum absolute atomic E-state index is 0.219. The predicted octanol–water partition coefficient (Wildman–Crippen LogP) is 0.890. The standard InChI is InChI=1S/C12H15F2NO4S/c1-8(6-19-2)15-12(16)7-20(17,18)11-4-3-9(13)5-10(11)14/h3-5,8H,6-7H2,1-2H3,(H,15,16)/t8-/m1/s1. The number of hydrogen-bond donors (Lipinski definition) is 1. The van der Waals surface area contributed by atoms with Gasteiger partial charge >= 0.3 is 0 Å². The number of methoxy groups -OCH3 is 1. The third kappa shape index (κ3) is 4.53. The molecule has 0 saturated carbocycles. The second kappa shape index (κ2) is 6.76. The van der Waals surface area contributed by atoms with Crippen LogP contribution in [0.4, 0.5) is 8.78 Å². The maximum absolute atomic E-state index is 13.4. The molecule has 1 aromatic carbocycles. The van der Waals surface area contributed by atoms with Crippen LogP contribution in [0, 0.1) is 11.6 Å². The molecular formula is C12H15F2NO4S. The van der Waals surface area contributed by atoms with Crippen LogP contribution in [-0.4, -0.2) is 39.8 Å². The summed E-state index contributed by atoms with van der Waals surface area (Å²) >= 11 is 0. The third-order valence-corrected chi connectivity index (χ3v) is 4.02. The minimum atomic E-state index is -4.16. The molecule has 20 heavy (non-hydrogen) atoms. The average Bonchev–Trinajstić information content (AvgIpc) is 2.26. The smallest absolute Gasteiger partial charge is 0.235 e. The van der Waals surface area contributed by atoms with Crippen molar-refractivity contribution in [2.75, 3.05) is 19.5 Å². The zero-order chi connectivity index (χ0) is 15.3. The highest BCUT2D eigenvalue weighted by Gasteiger charge is 2.23. The molecule has 0 unspecified atom stereocenters. The SMILES string of the molecule is COC[C@@H](C)NC(=O)CS(=O)(=O)c1ccc(F)cc1F. The van der Waals surface area contributed by atoms with Crippen molar-refractivity contribution in [1.29, 1.82) is 0 Å². The quantitative estimate of drug-likeness (QED) is 0.792. The lowest BCUT2D eigenvalue weighted by molar-refractivity contribution is -0.119. The van der Waals surface area contributed by atoms with Crippen LogP contribution in [0.1, 0.15) is 6.92 Å². The van der Waals surface area contributed by atoms with Gasteiger partial charge in [0.05, 0.1) is 6.61 Å². The molecule has 8 heteroatoms. The number of rotatable bonds is 6. The number of ether oxygens (including phenoxy) is 1. The summed E-state index contributed by atoms with van der Waals surface area (Å²) < 4.78 is 54.6. The molecule has 0 saturated heterocycles. The molecule has 1 N–H and O–H groups in total. The van der Waals surface area contributed by atoms with E-state index in [4.69, 9.17) is 4.74 Å². The van der Waals surface area contributed by atoms with Gasteiger partial charge in [-0.3, -0.25) is 4.79 Å². The summed E-state index contributed by atoms with van der Waals surface area (Å²) in [5.74, 6) is -3.80. The molecule has 0 aromatic heterocycles. The Balaban J connectivity index is 2.82. The Hall–Kier alpha value is -1.54. The lowest BCUT2D eigenvalue weighted by Crippen LogP contribution is -2.39. The molecule has 112 valence electrons. The van der Waals surface area contributed by atoms with Crippen molar-refractivity contribution in [2.45, 2.75) is 17.9 Å². The Morgan fingerprint density at radius 3 is 2.60 bits per heavy atom. The molecule has 1 atom stereocenters. The zero-order valence-electron chi connectivity index (χ0n) is 11.0. The Morgan fingerprint density at radius 1 is 1.40 bits per heavy atom. The molecule has 0 aliphatic heterocycles. The van der Waals surface area contributed by atoms with Crippen molar-refractivity contribution in [2.24, 2.45) is 0 Å². The minimum Gasteiger partial charge on any atom is -0.383 e. The Labute approximate surface area is 115 Å². The molecule has 5 nitrogen and oxygen atoms in total. The predicted molar refractivity (Wildman–Crippen MR) is 67.9 cm³/mol. The molecule has 0 aliphatic rings. The second-order valence-corrected chi connectivity index (χ2v) is 6.22. The molecule has 0 radical (unpaired) electrons. The number of hydrogen-bond acceptors (Lipinski definition) is 4. The van der Waals surface area contributed by atoms with Gasteiger partial charge < -0.3 is 10.1 Å². The van der Waals surface area contributed by atoms with E-state index in [-0.39, 0.29) is 12.6 Å². The fourth-order valence-electron chi connectivity index (χ4n) is 1.59. The number of carbonyl (C=O) groups excluding carboxylic acids is 1. The lowest BCUT2D eigenvalue weighted by atomic mass is 10.3. The van der Waals surface area contributed by atoms with Crippen molar-refractivity contribution >= 4 is 15.7 Å². The summed E-state index contributed by atoms with van der Waals surface area (Å²) in [7, 11) is -2.72. The number of halogens is 2. The van der Waals surface area contributed by atoms with Gasteiger partial charge in [-0.15, -0.1) is 0 Å². The van der Waals surface area contributed by atoms with Crippen LogP contribution in [-0.2, 0) is 19.4 Å². The lowest BCUT2D eigenvalue weighted by Gasteiger charge is -2.13. The summed E-state index contributed by atoms with van der Waals surface area (Å²) in [5, 5.41) is 2.40. The number of sulfone groups is 1. The fourth-order valence-corrected chi connectivity index (χ4v) is 2.80. The first kappa shape index (κ1) is 16.5. The van der Waals surface area contributed by atoms with Crippen LogP contribution in [0.15, 0.2) is 23.1 Å². The monoisotopic (exact) mass is 307 g/mol. The number of benzene rings is 1. The van der Waals surface area contributed by atoms with E-state index in [9.17, 15) is 22.0 Å². The van der Waals surface area contributed by atoms with Crippen LogP contribution in [0.2, 0.25) is 0 Å². The maximum Gasteiger partial charge on any atom is 0.235 e. The van der Waals surface area contributed by atoms with Gasteiger partial charge in [0.15, 0.2) is 9.84 Å². The van der Waals surface area contributed by atoms with E-state index >= 15 is 0 Å². The van der Waals surface area contributed by atoms with E-state index in [0.717, 1.165) is 12.1 Å². The van der Waals surface area contributed by atoms with Crippen molar-refractivity contribution in [3.05, 3.63) is 29.8 Å². The van der Waals surface area contributed by atoms with Gasteiger partial charge in [0.2, 0.25) is 5.91 Å². The van der Waals surface area contributed by atoms with Gasteiger partial charge in [-0.2, -0.15) is 0 Å². The molecular weight excluding hydrogens is 292 g/mol.